The molecule has 0 aliphatic heterocycles. The monoisotopic (exact) mass is 803 g/mol. The fourth-order valence-corrected chi connectivity index (χ4v) is 8.02. The van der Waals surface area contributed by atoms with Crippen LogP contribution in [0.3, 0.4) is 0 Å². The molecule has 0 heterocycles. The van der Waals surface area contributed by atoms with Crippen LogP contribution in [0.15, 0.2) is 35.4 Å². The number of aryl methyl sites for hydroxylation is 4. The quantitative estimate of drug-likeness (QED) is 0.0227. The molecular weight excluding hydrogens is 723 g/mol. The minimum atomic E-state index is 0.885. The van der Waals surface area contributed by atoms with Gasteiger partial charge in [-0.05, 0) is 141 Å². The zero-order valence-electron chi connectivity index (χ0n) is 35.8. The molecule has 0 N–H and O–H groups in total. The van der Waals surface area contributed by atoms with Crippen LogP contribution in [0.1, 0.15) is 209 Å². The van der Waals surface area contributed by atoms with Crippen molar-refractivity contribution in [3.8, 4) is 0 Å². The molecule has 0 saturated heterocycles. The van der Waals surface area contributed by atoms with Crippen molar-refractivity contribution in [2.75, 3.05) is 0 Å². The van der Waals surface area contributed by atoms with E-state index in [-0.39, 0.29) is 0 Å². The van der Waals surface area contributed by atoms with E-state index in [1.807, 2.05) is 0 Å². The van der Waals surface area contributed by atoms with E-state index in [4.69, 9.17) is 0 Å². The van der Waals surface area contributed by atoms with Gasteiger partial charge in [0.1, 0.15) is 0 Å². The van der Waals surface area contributed by atoms with Crippen LogP contribution in [-0.4, -0.2) is 10.7 Å². The van der Waals surface area contributed by atoms with Crippen molar-refractivity contribution in [2.45, 2.75) is 214 Å². The van der Waals surface area contributed by atoms with Gasteiger partial charge in [-0.15, -0.1) is 4.79 Å². The summed E-state index contributed by atoms with van der Waals surface area (Å²) in [5.41, 5.74) is 25.1. The summed E-state index contributed by atoms with van der Waals surface area (Å²) in [7, 11) is 0. The van der Waals surface area contributed by atoms with E-state index >= 15 is 0 Å². The van der Waals surface area contributed by atoms with Crippen molar-refractivity contribution in [3.05, 3.63) is 85.5 Å². The second-order valence-electron chi connectivity index (χ2n) is 14.8. The van der Waals surface area contributed by atoms with Gasteiger partial charge in [0.05, 0.1) is 5.57 Å². The maximum absolute atomic E-state index is 9.86. The Morgan fingerprint density at radius 3 is 1.42 bits per heavy atom. The minimum absolute atomic E-state index is 0.885. The Kier molecular flexibility index (Phi) is 28.0. The molecule has 2 aromatic rings. The third kappa shape index (κ3) is 17.9. The number of rotatable bonds is 26. The van der Waals surface area contributed by atoms with Gasteiger partial charge in [-0.2, -0.15) is 0 Å². The van der Waals surface area contributed by atoms with E-state index in [2.05, 4.69) is 104 Å². The van der Waals surface area contributed by atoms with E-state index < -0.39 is 0 Å². The zero-order valence-corrected chi connectivity index (χ0v) is 37.3. The summed E-state index contributed by atoms with van der Waals surface area (Å²) in [5.74, 6) is 3.10. The predicted octanol–water partition coefficient (Wildman–Crippen LogP) is 15.9. The molecule has 3 heteroatoms. The third-order valence-electron chi connectivity index (χ3n) is 10.5. The second-order valence-corrected chi connectivity index (χ2v) is 17.8. The molecule has 0 bridgehead atoms. The molecule has 2 aromatic carbocycles. The summed E-state index contributed by atoms with van der Waals surface area (Å²) in [6.07, 6.45) is 25.3. The molecule has 0 spiro atoms. The van der Waals surface area contributed by atoms with Crippen LogP contribution in [0, 0.1) is 20.8 Å². The molecule has 0 aliphatic rings. The molecule has 0 atom stereocenters. The number of unbranched alkanes of at least 4 members (excludes halogenated alkanes) is 11. The van der Waals surface area contributed by atoms with Gasteiger partial charge in [0.25, 0.3) is 0 Å². The molecule has 0 aliphatic carbocycles. The van der Waals surface area contributed by atoms with Crippen molar-refractivity contribution < 1.29 is 22.8 Å². The Morgan fingerprint density at radius 1 is 0.558 bits per heavy atom. The summed E-state index contributed by atoms with van der Waals surface area (Å²) in [6.45, 7) is 22.7. The summed E-state index contributed by atoms with van der Waals surface area (Å²) in [4.78, 5) is 6.32. The first-order chi connectivity index (χ1) is 25.3. The van der Waals surface area contributed by atoms with Crippen molar-refractivity contribution in [1.82, 2.24) is 0 Å². The Labute approximate surface area is 331 Å². The van der Waals surface area contributed by atoms with Gasteiger partial charge in [0, 0.05) is 0 Å². The Hall–Kier alpha value is -2.00. The van der Waals surface area contributed by atoms with E-state index in [1.54, 1.807) is 16.7 Å². The van der Waals surface area contributed by atoms with Gasteiger partial charge in [-0.25, -0.2) is 0 Å². The van der Waals surface area contributed by atoms with Gasteiger partial charge in [-0.3, -0.25) is 0 Å². The summed E-state index contributed by atoms with van der Waals surface area (Å²) in [5, 5.41) is 0. The van der Waals surface area contributed by atoms with Crippen LogP contribution in [0.4, 0.5) is 0 Å². The van der Waals surface area contributed by atoms with Crippen LogP contribution in [0.5, 0.6) is 0 Å². The number of benzene rings is 2. The van der Waals surface area contributed by atoms with E-state index in [9.17, 15) is 5.53 Å². The number of hydrogen-bond donors (Lipinski definition) is 0. The van der Waals surface area contributed by atoms with Crippen molar-refractivity contribution in [3.63, 3.8) is 0 Å². The van der Waals surface area contributed by atoms with E-state index in [1.165, 1.54) is 145 Å². The van der Waals surface area contributed by atoms with E-state index in [0.29, 0.717) is 0 Å². The van der Waals surface area contributed by atoms with Crippen LogP contribution in [-0.2, 0) is 37.2 Å². The fourth-order valence-electron chi connectivity index (χ4n) is 7.24. The van der Waals surface area contributed by atoms with Crippen LogP contribution in [0.25, 0.3) is 11.1 Å². The van der Waals surface area contributed by atoms with Crippen LogP contribution in [0.2, 0.25) is 9.79 Å². The molecule has 0 amide bonds. The SMILES string of the molecule is CCCCCCc1cc(C(=C(CCCC)C(=C=[N+]=[N-])CCCC)c2cc(C)c(C)c(C)c2)cc(CCCCCC)c1CCCCCC.C[CH2][Pd][CH2]C. The van der Waals surface area contributed by atoms with Crippen molar-refractivity contribution in [1.29, 1.82) is 0 Å². The molecular formula is C49H80N2Pd. The van der Waals surface area contributed by atoms with Crippen LogP contribution < -0.4 is 0 Å². The Morgan fingerprint density at radius 2 is 1.00 bits per heavy atom. The standard InChI is InChI=1S/C45H70N2.2C2H5.Pd/c1-9-14-19-22-26-38-32-42(33-39(27-23-20-15-10-2)43(38)29-24-21-16-11-3)45(41-30-35(6)37(8)36(7)31-41)44(28-18-13-5)40(34-47-46)25-17-12-4;2*1-2;/h30-33H,9-29H2,1-8H3;2*1H2,2H3;. The first kappa shape index (κ1) is 48.0. The third-order valence-corrected chi connectivity index (χ3v) is 12.1. The summed E-state index contributed by atoms with van der Waals surface area (Å²) < 4.78 is 0. The first-order valence-electron chi connectivity index (χ1n) is 21.6. The topological polar surface area (TPSA) is 36.4 Å². The van der Waals surface area contributed by atoms with Gasteiger partial charge in [0.2, 0.25) is 0 Å². The zero-order chi connectivity index (χ0) is 38.6. The number of hydrogen-bond acceptors (Lipinski definition) is 0. The number of nitrogens with zero attached hydrogens (tertiary/aromatic N) is 2. The molecule has 0 fully saturated rings. The Bertz CT molecular complexity index is 1330. The Balaban J connectivity index is 0.00000252. The van der Waals surface area contributed by atoms with Crippen molar-refractivity contribution in [2.24, 2.45) is 0 Å². The molecule has 0 aromatic heterocycles. The average Bonchev–Trinajstić information content (AvgIpc) is 3.14. The van der Waals surface area contributed by atoms with Gasteiger partial charge < -0.3 is 5.53 Å². The molecule has 2 nitrogen and oxygen atoms in total. The van der Waals surface area contributed by atoms with E-state index in [0.717, 1.165) is 62.1 Å². The predicted molar refractivity (Wildman–Crippen MR) is 229 cm³/mol. The summed E-state index contributed by atoms with van der Waals surface area (Å²) >= 11 is 1.04. The molecule has 0 unspecified atom stereocenters. The summed E-state index contributed by atoms with van der Waals surface area (Å²) in [6, 6.07) is 10.0. The molecule has 52 heavy (non-hydrogen) atoms. The normalized spacial score (nSPS) is 11.5. The molecule has 0 radical (unpaired) electrons. The second kappa shape index (κ2) is 30.3. The van der Waals surface area contributed by atoms with Gasteiger partial charge >= 0.3 is 47.5 Å². The molecule has 0 saturated carbocycles. The maximum atomic E-state index is 9.86. The van der Waals surface area contributed by atoms with Crippen molar-refractivity contribution >= 4 is 11.4 Å². The fraction of sp³-hybridized carbons (Fsp3) is 0.673. The van der Waals surface area contributed by atoms with Gasteiger partial charge in [0.15, 0.2) is 0 Å². The first-order valence-corrected chi connectivity index (χ1v) is 23.8. The van der Waals surface area contributed by atoms with Crippen LogP contribution >= 0.6 is 0 Å². The molecule has 2 rings (SSSR count). The molecule has 296 valence electrons. The van der Waals surface area contributed by atoms with Gasteiger partial charge in [-0.1, -0.05) is 130 Å². The average molecular weight is 804 g/mol. The number of allylic oxidation sites excluding steroid dienone is 2.